The summed E-state index contributed by atoms with van der Waals surface area (Å²) < 4.78 is 9.02. The summed E-state index contributed by atoms with van der Waals surface area (Å²) >= 11 is 0. The molecule has 0 spiro atoms. The third kappa shape index (κ3) is 4.52. The van der Waals surface area contributed by atoms with Gasteiger partial charge in [0, 0.05) is 49.5 Å². The van der Waals surface area contributed by atoms with Crippen LogP contribution >= 0.6 is 0 Å². The first-order chi connectivity index (χ1) is 27.8. The van der Waals surface area contributed by atoms with Crippen molar-refractivity contribution in [3.63, 3.8) is 0 Å². The Labute approximate surface area is 321 Å². The Kier molecular flexibility index (Phi) is 6.56. The highest BCUT2D eigenvalue weighted by Crippen LogP contribution is 2.47. The summed E-state index contributed by atoms with van der Waals surface area (Å²) in [6, 6.07) is 63.8. The van der Waals surface area contributed by atoms with E-state index in [0.717, 1.165) is 55.4 Å². The Morgan fingerprint density at radius 2 is 0.964 bits per heavy atom. The Balaban J connectivity index is 1.14. The molecule has 5 nitrogen and oxygen atoms in total. The average Bonchev–Trinajstić information content (AvgIpc) is 3.83. The molecule has 0 aliphatic rings. The number of hydrogen-bond acceptors (Lipinski definition) is 4. The summed E-state index contributed by atoms with van der Waals surface area (Å²) in [6.45, 7) is 0. The molecule has 5 heteroatoms. The van der Waals surface area contributed by atoms with Crippen molar-refractivity contribution in [1.82, 2.24) is 19.5 Å². The summed E-state index contributed by atoms with van der Waals surface area (Å²) in [6.07, 6.45) is 0. The summed E-state index contributed by atoms with van der Waals surface area (Å²) in [5, 5.41) is 9.61. The normalized spacial score (nSPS) is 11.9. The van der Waals surface area contributed by atoms with Crippen LogP contribution in [0.2, 0.25) is 0 Å². The predicted molar refractivity (Wildman–Crippen MR) is 229 cm³/mol. The zero-order valence-corrected chi connectivity index (χ0v) is 30.0. The molecule has 0 aliphatic heterocycles. The number of aromatic nitrogens is 4. The highest BCUT2D eigenvalue weighted by Gasteiger charge is 2.24. The fourth-order valence-electron chi connectivity index (χ4n) is 8.78. The molecule has 0 amide bonds. The number of hydrogen-bond donors (Lipinski definition) is 0. The van der Waals surface area contributed by atoms with Crippen molar-refractivity contribution in [1.29, 1.82) is 0 Å². The Morgan fingerprint density at radius 3 is 1.68 bits per heavy atom. The van der Waals surface area contributed by atoms with Gasteiger partial charge in [-0.25, -0.2) is 15.0 Å². The van der Waals surface area contributed by atoms with Crippen LogP contribution in [-0.2, 0) is 0 Å². The van der Waals surface area contributed by atoms with Crippen LogP contribution < -0.4 is 0 Å². The van der Waals surface area contributed by atoms with Crippen LogP contribution in [0, 0.1) is 0 Å². The van der Waals surface area contributed by atoms with E-state index in [1.165, 1.54) is 43.4 Å². The molecule has 56 heavy (non-hydrogen) atoms. The fraction of sp³-hybridized carbons (Fsp3) is 0. The molecule has 0 fully saturated rings. The molecular formula is C51H30N4O. The summed E-state index contributed by atoms with van der Waals surface area (Å²) in [4.78, 5) is 15.2. The first-order valence-corrected chi connectivity index (χ1v) is 18.9. The molecule has 0 unspecified atom stereocenters. The van der Waals surface area contributed by atoms with Crippen LogP contribution in [0.4, 0.5) is 0 Å². The average molecular weight is 715 g/mol. The first kappa shape index (κ1) is 30.8. The molecular weight excluding hydrogens is 685 g/mol. The maximum Gasteiger partial charge on any atom is 0.164 e. The lowest BCUT2D eigenvalue weighted by atomic mass is 9.91. The van der Waals surface area contributed by atoms with E-state index < -0.39 is 0 Å². The number of rotatable bonds is 5. The largest absolute Gasteiger partial charge is 0.456 e. The van der Waals surface area contributed by atoms with E-state index in [-0.39, 0.29) is 0 Å². The minimum absolute atomic E-state index is 0.598. The molecule has 0 saturated carbocycles. The number of furan rings is 1. The van der Waals surface area contributed by atoms with Gasteiger partial charge in [-0.05, 0) is 63.5 Å². The van der Waals surface area contributed by atoms with E-state index in [9.17, 15) is 0 Å². The molecule has 0 N–H and O–H groups in total. The maximum atomic E-state index is 6.57. The van der Waals surface area contributed by atoms with E-state index in [2.05, 4.69) is 114 Å². The molecule has 3 heterocycles. The molecule has 0 atom stereocenters. The Bertz CT molecular complexity index is 3400. The van der Waals surface area contributed by atoms with E-state index in [1.54, 1.807) is 0 Å². The molecule has 260 valence electrons. The number of para-hydroxylation sites is 1. The van der Waals surface area contributed by atoms with Crippen LogP contribution in [0.15, 0.2) is 186 Å². The second-order valence-corrected chi connectivity index (χ2v) is 14.3. The van der Waals surface area contributed by atoms with Crippen LogP contribution in [0.25, 0.3) is 116 Å². The molecule has 0 radical (unpaired) electrons. The van der Waals surface area contributed by atoms with Crippen molar-refractivity contribution in [2.75, 3.05) is 0 Å². The Hall–Kier alpha value is -7.63. The lowest BCUT2D eigenvalue weighted by molar-refractivity contribution is 0.669. The van der Waals surface area contributed by atoms with Gasteiger partial charge in [-0.2, -0.15) is 0 Å². The minimum Gasteiger partial charge on any atom is -0.456 e. The van der Waals surface area contributed by atoms with Crippen LogP contribution in [0.3, 0.4) is 0 Å². The number of fused-ring (bicyclic) bond motifs is 6. The SMILES string of the molecule is c1ccc(-c2nc(-c3ccccc3)nc(-c3cccc4oc5ccc(-c6ccc7c8ccccc8c8cccc9c8c7c6n9-c6ccccc6)cc5c34)n2)cc1. The highest BCUT2D eigenvalue weighted by molar-refractivity contribution is 6.36. The van der Waals surface area contributed by atoms with E-state index >= 15 is 0 Å². The van der Waals surface area contributed by atoms with Crippen molar-refractivity contribution < 1.29 is 4.42 Å². The van der Waals surface area contributed by atoms with Crippen molar-refractivity contribution in [3.05, 3.63) is 182 Å². The van der Waals surface area contributed by atoms with Gasteiger partial charge in [-0.3, -0.25) is 0 Å². The van der Waals surface area contributed by atoms with Crippen molar-refractivity contribution in [3.8, 4) is 51.0 Å². The van der Waals surface area contributed by atoms with Crippen molar-refractivity contribution in [2.45, 2.75) is 0 Å². The zero-order valence-electron chi connectivity index (χ0n) is 30.0. The second kappa shape index (κ2) is 11.9. The lowest BCUT2D eigenvalue weighted by Gasteiger charge is -2.13. The van der Waals surface area contributed by atoms with E-state index in [4.69, 9.17) is 19.4 Å². The lowest BCUT2D eigenvalue weighted by Crippen LogP contribution is -2.00. The number of nitrogens with zero attached hydrogens (tertiary/aromatic N) is 4. The third-order valence-corrected chi connectivity index (χ3v) is 11.2. The molecule has 3 aromatic heterocycles. The van der Waals surface area contributed by atoms with Gasteiger partial charge in [0.1, 0.15) is 11.2 Å². The topological polar surface area (TPSA) is 56.7 Å². The molecule has 0 aliphatic carbocycles. The van der Waals surface area contributed by atoms with Gasteiger partial charge in [0.25, 0.3) is 0 Å². The second-order valence-electron chi connectivity index (χ2n) is 14.3. The summed E-state index contributed by atoms with van der Waals surface area (Å²) in [5.41, 5.74) is 10.1. The van der Waals surface area contributed by atoms with Crippen LogP contribution in [0.5, 0.6) is 0 Å². The van der Waals surface area contributed by atoms with Gasteiger partial charge < -0.3 is 8.98 Å². The molecule has 0 bridgehead atoms. The van der Waals surface area contributed by atoms with Gasteiger partial charge in [-0.1, -0.05) is 146 Å². The summed E-state index contributed by atoms with van der Waals surface area (Å²) in [5.74, 6) is 1.85. The zero-order chi connectivity index (χ0) is 36.7. The highest BCUT2D eigenvalue weighted by atomic mass is 16.3. The van der Waals surface area contributed by atoms with Gasteiger partial charge in [-0.15, -0.1) is 0 Å². The van der Waals surface area contributed by atoms with E-state index in [0.29, 0.717) is 17.5 Å². The van der Waals surface area contributed by atoms with Crippen LogP contribution in [-0.4, -0.2) is 19.5 Å². The molecule has 9 aromatic carbocycles. The third-order valence-electron chi connectivity index (χ3n) is 11.2. The predicted octanol–water partition coefficient (Wildman–Crippen LogP) is 13.3. The van der Waals surface area contributed by atoms with Gasteiger partial charge >= 0.3 is 0 Å². The van der Waals surface area contributed by atoms with Crippen molar-refractivity contribution in [2.24, 2.45) is 0 Å². The number of benzene rings is 9. The van der Waals surface area contributed by atoms with Gasteiger partial charge in [0.05, 0.1) is 11.0 Å². The minimum atomic E-state index is 0.598. The van der Waals surface area contributed by atoms with Crippen molar-refractivity contribution >= 4 is 65.3 Å². The molecule has 12 aromatic rings. The first-order valence-electron chi connectivity index (χ1n) is 18.9. The van der Waals surface area contributed by atoms with E-state index in [1.807, 2.05) is 72.8 Å². The van der Waals surface area contributed by atoms with Gasteiger partial charge in [0.15, 0.2) is 17.5 Å². The fourth-order valence-corrected chi connectivity index (χ4v) is 8.78. The van der Waals surface area contributed by atoms with Gasteiger partial charge in [0.2, 0.25) is 0 Å². The Morgan fingerprint density at radius 1 is 0.357 bits per heavy atom. The standard InChI is InChI=1S/C51H30N4O/c1-4-14-31(15-5-1)49-52-50(32-16-6-2-7-17-32)54-51(53-49)40-23-13-25-44-45(40)41-30-33(26-29-43(41)56-44)35-27-28-39-37-21-11-10-20-36(37)38-22-12-24-42-46(38)47(39)48(35)55(42)34-18-8-3-9-19-34/h1-30H. The summed E-state index contributed by atoms with van der Waals surface area (Å²) in [7, 11) is 0. The molecule has 0 saturated heterocycles. The smallest absolute Gasteiger partial charge is 0.164 e. The van der Waals surface area contributed by atoms with Crippen LogP contribution in [0.1, 0.15) is 0 Å². The quantitative estimate of drug-likeness (QED) is 0.167. The molecule has 12 rings (SSSR count). The monoisotopic (exact) mass is 714 g/mol. The maximum absolute atomic E-state index is 6.57.